The third kappa shape index (κ3) is 3.36. The summed E-state index contributed by atoms with van der Waals surface area (Å²) >= 11 is 4.66. The molecule has 0 aliphatic heterocycles. The Morgan fingerprint density at radius 2 is 2.12 bits per heavy atom. The lowest BCUT2D eigenvalue weighted by Crippen LogP contribution is -2.19. The SMILES string of the molecule is CC.COC(=O)c1c([B]C#N)sc(Br)c1C. The third-order valence-electron chi connectivity index (χ3n) is 1.70. The second kappa shape index (κ2) is 7.47. The molecule has 0 aliphatic carbocycles. The number of nitrogens with zero attached hydrogens (tertiary/aromatic N) is 1. The first-order valence-electron chi connectivity index (χ1n) is 4.71. The van der Waals surface area contributed by atoms with Crippen LogP contribution in [0.4, 0.5) is 0 Å². The van der Waals surface area contributed by atoms with Gasteiger partial charge >= 0.3 is 13.2 Å². The van der Waals surface area contributed by atoms with Crippen LogP contribution in [-0.4, -0.2) is 20.4 Å². The minimum atomic E-state index is -0.411. The Labute approximate surface area is 109 Å². The molecule has 1 rings (SSSR count). The van der Waals surface area contributed by atoms with Crippen LogP contribution in [0.2, 0.25) is 0 Å². The summed E-state index contributed by atoms with van der Waals surface area (Å²) in [5.74, 6) is 1.49. The van der Waals surface area contributed by atoms with Crippen molar-refractivity contribution in [3.63, 3.8) is 0 Å². The Kier molecular flexibility index (Phi) is 7.10. The fourth-order valence-electron chi connectivity index (χ4n) is 1.02. The van der Waals surface area contributed by atoms with Crippen LogP contribution in [0.25, 0.3) is 0 Å². The quantitative estimate of drug-likeness (QED) is 0.623. The van der Waals surface area contributed by atoms with Crippen molar-refractivity contribution >= 4 is 45.3 Å². The zero-order valence-corrected chi connectivity index (χ0v) is 12.0. The molecule has 0 fully saturated rings. The van der Waals surface area contributed by atoms with Gasteiger partial charge in [0.1, 0.15) is 0 Å². The van der Waals surface area contributed by atoms with E-state index < -0.39 is 5.97 Å². The minimum absolute atomic E-state index is 0.411. The first-order valence-corrected chi connectivity index (χ1v) is 6.32. The molecule has 1 aromatic rings. The Hall–Kier alpha value is -0.795. The van der Waals surface area contributed by atoms with Crippen molar-refractivity contribution < 1.29 is 9.53 Å². The van der Waals surface area contributed by atoms with E-state index in [9.17, 15) is 4.79 Å². The van der Waals surface area contributed by atoms with Gasteiger partial charge in [0.15, 0.2) is 0 Å². The van der Waals surface area contributed by atoms with Crippen molar-refractivity contribution in [3.8, 4) is 5.97 Å². The van der Waals surface area contributed by atoms with Gasteiger partial charge in [-0.2, -0.15) is 0 Å². The van der Waals surface area contributed by atoms with Gasteiger partial charge in [-0.05, 0) is 33.2 Å². The van der Waals surface area contributed by atoms with E-state index in [4.69, 9.17) is 5.26 Å². The van der Waals surface area contributed by atoms with Gasteiger partial charge in [-0.25, -0.2) is 10.1 Å². The summed E-state index contributed by atoms with van der Waals surface area (Å²) in [5.41, 5.74) is 1.27. The predicted molar refractivity (Wildman–Crippen MR) is 70.4 cm³/mol. The molecular weight excluding hydrogens is 289 g/mol. The Balaban J connectivity index is 0.00000106. The molecule has 0 bridgehead atoms. The summed E-state index contributed by atoms with van der Waals surface area (Å²) in [6.45, 7) is 5.81. The van der Waals surface area contributed by atoms with Crippen molar-refractivity contribution in [2.45, 2.75) is 20.8 Å². The molecule has 1 radical (unpaired) electrons. The lowest BCUT2D eigenvalue weighted by atomic mass is 9.77. The number of ether oxygens (including phenoxy) is 1. The molecule has 0 atom stereocenters. The van der Waals surface area contributed by atoms with E-state index in [-0.39, 0.29) is 0 Å². The lowest BCUT2D eigenvalue weighted by molar-refractivity contribution is 0.0602. The zero-order valence-electron chi connectivity index (χ0n) is 9.63. The first kappa shape index (κ1) is 15.2. The van der Waals surface area contributed by atoms with Crippen LogP contribution in [0, 0.1) is 18.2 Å². The molecule has 16 heavy (non-hydrogen) atoms. The van der Waals surface area contributed by atoms with Crippen LogP contribution in [0.1, 0.15) is 29.8 Å². The van der Waals surface area contributed by atoms with E-state index >= 15 is 0 Å². The molecule has 0 spiro atoms. The van der Waals surface area contributed by atoms with Crippen molar-refractivity contribution in [3.05, 3.63) is 14.9 Å². The standard InChI is InChI=1S/C8H6BBrNO2S.C2H6/c1-4-5(8(12)13-2)6(9-3-11)14-7(4)10;1-2/h1-2H3;1-2H3. The second-order valence-electron chi connectivity index (χ2n) is 2.51. The molecule has 0 N–H and O–H groups in total. The number of hydrogen-bond donors (Lipinski definition) is 0. The molecule has 0 aliphatic rings. The minimum Gasteiger partial charge on any atom is -0.465 e. The van der Waals surface area contributed by atoms with Gasteiger partial charge < -0.3 is 4.74 Å². The maximum atomic E-state index is 11.4. The molecule has 1 aromatic heterocycles. The molecule has 85 valence electrons. The number of esters is 1. The summed E-state index contributed by atoms with van der Waals surface area (Å²) in [7, 11) is 2.66. The first-order chi connectivity index (χ1) is 7.61. The highest BCUT2D eigenvalue weighted by atomic mass is 79.9. The number of rotatable bonds is 2. The Morgan fingerprint density at radius 3 is 2.56 bits per heavy atom. The average molecular weight is 301 g/mol. The van der Waals surface area contributed by atoms with Gasteiger partial charge in [-0.15, -0.1) is 11.3 Å². The average Bonchev–Trinajstić information content (AvgIpc) is 2.57. The van der Waals surface area contributed by atoms with Crippen molar-refractivity contribution in [1.29, 1.82) is 5.26 Å². The van der Waals surface area contributed by atoms with Gasteiger partial charge in [0, 0.05) is 5.97 Å². The van der Waals surface area contributed by atoms with Gasteiger partial charge in [-0.3, -0.25) is 0 Å². The van der Waals surface area contributed by atoms with E-state index in [0.29, 0.717) is 10.3 Å². The van der Waals surface area contributed by atoms with Gasteiger partial charge in [-0.1, -0.05) is 13.8 Å². The van der Waals surface area contributed by atoms with E-state index in [1.54, 1.807) is 0 Å². The fourth-order valence-corrected chi connectivity index (χ4v) is 2.64. The smallest absolute Gasteiger partial charge is 0.338 e. The Morgan fingerprint density at radius 1 is 1.56 bits per heavy atom. The number of halogens is 1. The number of carbonyl (C=O) groups is 1. The highest BCUT2D eigenvalue weighted by Crippen LogP contribution is 2.25. The van der Waals surface area contributed by atoms with Crippen LogP contribution < -0.4 is 4.78 Å². The largest absolute Gasteiger partial charge is 0.465 e. The molecule has 0 unspecified atom stereocenters. The molecule has 0 saturated heterocycles. The highest BCUT2D eigenvalue weighted by Gasteiger charge is 2.20. The fraction of sp³-hybridized carbons (Fsp3) is 0.400. The van der Waals surface area contributed by atoms with Crippen molar-refractivity contribution in [1.82, 2.24) is 0 Å². The predicted octanol–water partition coefficient (Wildman–Crippen LogP) is 2.44. The number of methoxy groups -OCH3 is 1. The topological polar surface area (TPSA) is 50.1 Å². The van der Waals surface area contributed by atoms with Gasteiger partial charge in [0.25, 0.3) is 0 Å². The molecule has 1 heterocycles. The van der Waals surface area contributed by atoms with E-state index in [1.165, 1.54) is 25.7 Å². The van der Waals surface area contributed by atoms with Crippen LogP contribution in [0.5, 0.6) is 0 Å². The summed E-state index contributed by atoms with van der Waals surface area (Å²) in [6.07, 6.45) is 0. The number of nitriles is 1. The highest BCUT2D eigenvalue weighted by molar-refractivity contribution is 9.11. The monoisotopic (exact) mass is 300 g/mol. The molecule has 3 nitrogen and oxygen atoms in total. The Bertz CT molecular complexity index is 412. The molecule has 0 amide bonds. The summed E-state index contributed by atoms with van der Waals surface area (Å²) in [6, 6.07) is 0. The van der Waals surface area contributed by atoms with Gasteiger partial charge in [0.2, 0.25) is 0 Å². The summed E-state index contributed by atoms with van der Waals surface area (Å²) in [5, 5.41) is 8.53. The van der Waals surface area contributed by atoms with Gasteiger partial charge in [0.05, 0.1) is 16.5 Å². The van der Waals surface area contributed by atoms with Crippen LogP contribution in [-0.2, 0) is 4.74 Å². The molecular formula is C10H12BBrNO2S. The maximum absolute atomic E-state index is 11.4. The number of carbonyl (C=O) groups excluding carboxylic acids is 1. The van der Waals surface area contributed by atoms with Crippen molar-refractivity contribution in [2.75, 3.05) is 7.11 Å². The third-order valence-corrected chi connectivity index (χ3v) is 3.81. The van der Waals surface area contributed by atoms with Crippen LogP contribution >= 0.6 is 27.3 Å². The van der Waals surface area contributed by atoms with E-state index in [0.717, 1.165) is 9.35 Å². The van der Waals surface area contributed by atoms with E-state index in [2.05, 4.69) is 20.7 Å². The van der Waals surface area contributed by atoms with Crippen LogP contribution in [0.3, 0.4) is 0 Å². The second-order valence-corrected chi connectivity index (χ2v) is 4.88. The lowest BCUT2D eigenvalue weighted by Gasteiger charge is -1.99. The molecule has 6 heteroatoms. The van der Waals surface area contributed by atoms with Crippen LogP contribution in [0.15, 0.2) is 3.79 Å². The molecule has 0 aromatic carbocycles. The van der Waals surface area contributed by atoms with Crippen molar-refractivity contribution in [2.24, 2.45) is 0 Å². The number of hydrogen-bond acceptors (Lipinski definition) is 4. The summed E-state index contributed by atoms with van der Waals surface area (Å²) < 4.78 is 6.11. The maximum Gasteiger partial charge on any atom is 0.338 e. The zero-order chi connectivity index (χ0) is 12.7. The molecule has 0 saturated carbocycles. The number of thiophene rings is 1. The normalized spacial score (nSPS) is 8.50. The van der Waals surface area contributed by atoms with E-state index in [1.807, 2.05) is 26.7 Å². The summed E-state index contributed by atoms with van der Waals surface area (Å²) in [4.78, 5) is 11.4.